The summed E-state index contributed by atoms with van der Waals surface area (Å²) in [6.45, 7) is 2.09. The van der Waals surface area contributed by atoms with Gasteiger partial charge in [0.2, 0.25) is 0 Å². The van der Waals surface area contributed by atoms with Crippen molar-refractivity contribution in [2.45, 2.75) is 38.2 Å². The van der Waals surface area contributed by atoms with Gasteiger partial charge in [0.15, 0.2) is 5.78 Å². The molecule has 1 amide bonds. The molecule has 0 saturated heterocycles. The van der Waals surface area contributed by atoms with E-state index in [4.69, 9.17) is 14.6 Å². The van der Waals surface area contributed by atoms with Crippen molar-refractivity contribution in [1.82, 2.24) is 10.3 Å². The van der Waals surface area contributed by atoms with E-state index >= 15 is 0 Å². The highest BCUT2D eigenvalue weighted by molar-refractivity contribution is 6.03. The van der Waals surface area contributed by atoms with Crippen LogP contribution in [0.4, 0.5) is 0 Å². The van der Waals surface area contributed by atoms with Gasteiger partial charge in [0.05, 0.1) is 12.2 Å². The summed E-state index contributed by atoms with van der Waals surface area (Å²) < 4.78 is 11.7. The number of benzene rings is 2. The molecule has 0 radical (unpaired) electrons. The lowest BCUT2D eigenvalue weighted by atomic mass is 9.86. The van der Waals surface area contributed by atoms with Gasteiger partial charge in [-0.25, -0.2) is 0 Å². The van der Waals surface area contributed by atoms with Crippen molar-refractivity contribution in [1.29, 1.82) is 0 Å². The van der Waals surface area contributed by atoms with Gasteiger partial charge in [-0.2, -0.15) is 0 Å². The summed E-state index contributed by atoms with van der Waals surface area (Å²) in [6, 6.07) is 15.0. The van der Waals surface area contributed by atoms with Crippen molar-refractivity contribution < 1.29 is 24.2 Å². The first-order valence-electron chi connectivity index (χ1n) is 11.8. The zero-order valence-electron chi connectivity index (χ0n) is 20.0. The zero-order chi connectivity index (χ0) is 24.8. The van der Waals surface area contributed by atoms with Crippen LogP contribution in [0, 0.1) is 0 Å². The number of amides is 1. The Morgan fingerprint density at radius 1 is 1.17 bits per heavy atom. The summed E-state index contributed by atoms with van der Waals surface area (Å²) in [6.07, 6.45) is 5.12. The van der Waals surface area contributed by atoms with E-state index in [9.17, 15) is 9.59 Å². The molecule has 0 aliphatic carbocycles. The lowest BCUT2D eigenvalue weighted by molar-refractivity contribution is 0.0958. The molecule has 1 aliphatic heterocycles. The predicted molar refractivity (Wildman–Crippen MR) is 132 cm³/mol. The molecule has 35 heavy (non-hydrogen) atoms. The van der Waals surface area contributed by atoms with Crippen molar-refractivity contribution >= 4 is 11.7 Å². The molecule has 4 rings (SSSR count). The average molecular weight is 475 g/mol. The third kappa shape index (κ3) is 5.52. The van der Waals surface area contributed by atoms with Gasteiger partial charge in [-0.15, -0.1) is 0 Å². The summed E-state index contributed by atoms with van der Waals surface area (Å²) in [7, 11) is 1.56. The minimum absolute atomic E-state index is 0.0137. The monoisotopic (exact) mass is 474 g/mol. The standard InChI is InChI=1S/C28H30N2O5/c1-18-26(20-8-4-9-22(14-20)34-13-12-31)23-15-21(16-24(27(23)35-18)28(33)29-2)25(32)10-3-6-19-7-5-11-30-17-19/h4-5,7-9,11,14-18,26,31H,3,6,10,12-13H2,1-2H3,(H,29,33)/t18-,26+/m1/s1. The fourth-order valence-corrected chi connectivity index (χ4v) is 4.54. The maximum Gasteiger partial charge on any atom is 0.254 e. The van der Waals surface area contributed by atoms with E-state index in [-0.39, 0.29) is 36.9 Å². The first-order valence-corrected chi connectivity index (χ1v) is 11.8. The molecular weight excluding hydrogens is 444 g/mol. The van der Waals surface area contributed by atoms with Gasteiger partial charge in [0, 0.05) is 42.9 Å². The quantitative estimate of drug-likeness (QED) is 0.432. The molecule has 7 heteroatoms. The lowest BCUT2D eigenvalue weighted by Gasteiger charge is -2.17. The van der Waals surface area contributed by atoms with E-state index in [1.54, 1.807) is 19.3 Å². The summed E-state index contributed by atoms with van der Waals surface area (Å²) in [4.78, 5) is 30.0. The minimum atomic E-state index is -0.292. The fraction of sp³-hybridized carbons (Fsp3) is 0.321. The van der Waals surface area contributed by atoms with Gasteiger partial charge in [-0.1, -0.05) is 18.2 Å². The number of nitrogens with zero attached hydrogens (tertiary/aromatic N) is 1. The van der Waals surface area contributed by atoms with Crippen molar-refractivity contribution in [2.24, 2.45) is 0 Å². The number of carbonyl (C=O) groups is 2. The van der Waals surface area contributed by atoms with Crippen molar-refractivity contribution in [3.05, 3.63) is 88.7 Å². The number of hydrogen-bond donors (Lipinski definition) is 2. The second kappa shape index (κ2) is 11.1. The summed E-state index contributed by atoms with van der Waals surface area (Å²) >= 11 is 0. The average Bonchev–Trinajstić information content (AvgIpc) is 3.22. The number of fused-ring (bicyclic) bond motifs is 1. The van der Waals surface area contributed by atoms with Crippen molar-refractivity contribution in [3.8, 4) is 11.5 Å². The van der Waals surface area contributed by atoms with Crippen LogP contribution in [0.25, 0.3) is 0 Å². The van der Waals surface area contributed by atoms with Gasteiger partial charge in [-0.05, 0) is 61.2 Å². The Bertz CT molecular complexity index is 1200. The van der Waals surface area contributed by atoms with E-state index in [1.807, 2.05) is 55.6 Å². The van der Waals surface area contributed by atoms with Gasteiger partial charge in [0.1, 0.15) is 24.2 Å². The Hall–Kier alpha value is -3.71. The highest BCUT2D eigenvalue weighted by Gasteiger charge is 2.36. The summed E-state index contributed by atoms with van der Waals surface area (Å²) in [5.41, 5.74) is 3.72. The molecule has 0 spiro atoms. The number of Topliss-reactive ketones (excluding diaryl/α,β-unsaturated/α-hetero) is 1. The van der Waals surface area contributed by atoms with E-state index in [2.05, 4.69) is 10.3 Å². The number of pyridine rings is 1. The Labute approximate surface area is 205 Å². The number of aryl methyl sites for hydroxylation is 1. The second-order valence-corrected chi connectivity index (χ2v) is 8.60. The molecule has 0 bridgehead atoms. The topological polar surface area (TPSA) is 97.8 Å². The van der Waals surface area contributed by atoms with Crippen LogP contribution in [0.15, 0.2) is 60.9 Å². The minimum Gasteiger partial charge on any atom is -0.491 e. The van der Waals surface area contributed by atoms with E-state index < -0.39 is 0 Å². The SMILES string of the molecule is CNC(=O)c1cc(C(=O)CCCc2cccnc2)cc2c1O[C@H](C)[C@H]2c1cccc(OCCO)c1. The van der Waals surface area contributed by atoms with Crippen molar-refractivity contribution in [3.63, 3.8) is 0 Å². The number of nitrogens with one attached hydrogen (secondary N) is 1. The maximum atomic E-state index is 13.2. The number of hydrogen-bond acceptors (Lipinski definition) is 6. The van der Waals surface area contributed by atoms with Gasteiger partial charge in [-0.3, -0.25) is 14.6 Å². The largest absolute Gasteiger partial charge is 0.491 e. The van der Waals surface area contributed by atoms with E-state index in [0.29, 0.717) is 35.5 Å². The first-order chi connectivity index (χ1) is 17.0. The molecule has 2 atom stereocenters. The molecule has 2 aromatic carbocycles. The Kier molecular flexibility index (Phi) is 7.77. The van der Waals surface area contributed by atoms with Crippen LogP contribution in [-0.4, -0.2) is 48.1 Å². The van der Waals surface area contributed by atoms with Crippen LogP contribution >= 0.6 is 0 Å². The lowest BCUT2D eigenvalue weighted by Crippen LogP contribution is -2.19. The molecular formula is C28H30N2O5. The number of ether oxygens (including phenoxy) is 2. The molecule has 2 N–H and O–H groups in total. The van der Waals surface area contributed by atoms with Gasteiger partial charge < -0.3 is 19.9 Å². The molecule has 1 aliphatic rings. The first kappa shape index (κ1) is 24.4. The Morgan fingerprint density at radius 2 is 2.03 bits per heavy atom. The van der Waals surface area contributed by atoms with E-state index in [0.717, 1.165) is 23.1 Å². The summed E-state index contributed by atoms with van der Waals surface area (Å²) in [5, 5.41) is 11.7. The molecule has 7 nitrogen and oxygen atoms in total. The number of carbonyl (C=O) groups excluding carboxylic acids is 2. The number of rotatable bonds is 10. The van der Waals surface area contributed by atoms with Crippen LogP contribution < -0.4 is 14.8 Å². The number of ketones is 1. The van der Waals surface area contributed by atoms with E-state index in [1.165, 1.54) is 0 Å². The predicted octanol–water partition coefficient (Wildman–Crippen LogP) is 3.93. The number of aliphatic hydroxyl groups is 1. The molecule has 2 heterocycles. The fourth-order valence-electron chi connectivity index (χ4n) is 4.54. The maximum absolute atomic E-state index is 13.2. The molecule has 0 unspecified atom stereocenters. The number of aromatic nitrogens is 1. The van der Waals surface area contributed by atoms with Gasteiger partial charge >= 0.3 is 0 Å². The van der Waals surface area contributed by atoms with Crippen LogP contribution in [0.5, 0.6) is 11.5 Å². The third-order valence-corrected chi connectivity index (χ3v) is 6.19. The second-order valence-electron chi connectivity index (χ2n) is 8.60. The van der Waals surface area contributed by atoms with Crippen LogP contribution in [0.3, 0.4) is 0 Å². The van der Waals surface area contributed by atoms with Gasteiger partial charge in [0.25, 0.3) is 5.91 Å². The Morgan fingerprint density at radius 3 is 2.77 bits per heavy atom. The molecule has 182 valence electrons. The smallest absolute Gasteiger partial charge is 0.254 e. The third-order valence-electron chi connectivity index (χ3n) is 6.19. The highest BCUT2D eigenvalue weighted by atomic mass is 16.5. The summed E-state index contributed by atoms with van der Waals surface area (Å²) in [5.74, 6) is 0.676. The van der Waals surface area contributed by atoms with Crippen LogP contribution in [0.1, 0.15) is 63.1 Å². The normalized spacial score (nSPS) is 16.3. The molecule has 3 aromatic rings. The molecule has 0 saturated carbocycles. The molecule has 0 fully saturated rings. The highest BCUT2D eigenvalue weighted by Crippen LogP contribution is 2.45. The zero-order valence-corrected chi connectivity index (χ0v) is 20.0. The molecule has 1 aromatic heterocycles. The number of aliphatic hydroxyl groups excluding tert-OH is 1. The van der Waals surface area contributed by atoms with Crippen LogP contribution in [-0.2, 0) is 6.42 Å². The van der Waals surface area contributed by atoms with Crippen molar-refractivity contribution in [2.75, 3.05) is 20.3 Å². The van der Waals surface area contributed by atoms with Crippen LogP contribution in [0.2, 0.25) is 0 Å². The Balaban J connectivity index is 1.64.